The molecule has 0 fully saturated rings. The SMILES string of the molecule is CCNc1ncc(Br)cc1C(=O)Nc1cnoc1. The molecule has 7 heteroatoms. The van der Waals surface area contributed by atoms with Gasteiger partial charge in [-0.1, -0.05) is 5.16 Å². The maximum absolute atomic E-state index is 12.1. The van der Waals surface area contributed by atoms with Crippen molar-refractivity contribution in [3.05, 3.63) is 34.8 Å². The predicted molar refractivity (Wildman–Crippen MR) is 70.6 cm³/mol. The fourth-order valence-electron chi connectivity index (χ4n) is 1.39. The summed E-state index contributed by atoms with van der Waals surface area (Å²) < 4.78 is 5.38. The first-order valence-electron chi connectivity index (χ1n) is 5.31. The number of amides is 1. The second-order valence-corrected chi connectivity index (χ2v) is 4.36. The molecule has 2 heterocycles. The molecule has 0 aliphatic carbocycles. The van der Waals surface area contributed by atoms with Gasteiger partial charge in [0, 0.05) is 17.2 Å². The Balaban J connectivity index is 2.25. The third-order valence-corrected chi connectivity index (χ3v) is 2.57. The summed E-state index contributed by atoms with van der Waals surface area (Å²) in [6, 6.07) is 1.70. The first-order valence-corrected chi connectivity index (χ1v) is 6.10. The summed E-state index contributed by atoms with van der Waals surface area (Å²) in [6.45, 7) is 2.62. The van der Waals surface area contributed by atoms with E-state index in [-0.39, 0.29) is 5.91 Å². The van der Waals surface area contributed by atoms with Crippen molar-refractivity contribution in [2.24, 2.45) is 0 Å². The van der Waals surface area contributed by atoms with Gasteiger partial charge in [-0.05, 0) is 28.9 Å². The van der Waals surface area contributed by atoms with E-state index < -0.39 is 0 Å². The fourth-order valence-corrected chi connectivity index (χ4v) is 1.72. The Morgan fingerprint density at radius 2 is 2.33 bits per heavy atom. The van der Waals surface area contributed by atoms with Crippen LogP contribution >= 0.6 is 15.9 Å². The lowest BCUT2D eigenvalue weighted by Gasteiger charge is -2.09. The zero-order chi connectivity index (χ0) is 13.0. The molecule has 0 aliphatic heterocycles. The molecule has 94 valence electrons. The van der Waals surface area contributed by atoms with Gasteiger partial charge in [-0.15, -0.1) is 0 Å². The van der Waals surface area contributed by atoms with Gasteiger partial charge in [0.25, 0.3) is 5.91 Å². The van der Waals surface area contributed by atoms with E-state index in [0.29, 0.717) is 23.6 Å². The number of hydrogen-bond acceptors (Lipinski definition) is 5. The van der Waals surface area contributed by atoms with Gasteiger partial charge in [0.05, 0.1) is 11.8 Å². The van der Waals surface area contributed by atoms with Crippen LogP contribution in [0.25, 0.3) is 0 Å². The molecule has 1 amide bonds. The van der Waals surface area contributed by atoms with Crippen LogP contribution in [-0.2, 0) is 0 Å². The summed E-state index contributed by atoms with van der Waals surface area (Å²) in [5.41, 5.74) is 0.954. The lowest BCUT2D eigenvalue weighted by molar-refractivity contribution is 0.102. The monoisotopic (exact) mass is 310 g/mol. The summed E-state index contributed by atoms with van der Waals surface area (Å²) in [7, 11) is 0. The van der Waals surface area contributed by atoms with E-state index in [4.69, 9.17) is 0 Å². The topological polar surface area (TPSA) is 80.0 Å². The average molecular weight is 311 g/mol. The highest BCUT2D eigenvalue weighted by molar-refractivity contribution is 9.10. The summed E-state index contributed by atoms with van der Waals surface area (Å²) in [4.78, 5) is 16.2. The van der Waals surface area contributed by atoms with E-state index in [9.17, 15) is 4.79 Å². The second-order valence-electron chi connectivity index (χ2n) is 3.45. The third kappa shape index (κ3) is 2.86. The van der Waals surface area contributed by atoms with Gasteiger partial charge in [0.1, 0.15) is 17.8 Å². The molecule has 0 atom stereocenters. The quantitative estimate of drug-likeness (QED) is 0.907. The van der Waals surface area contributed by atoms with Gasteiger partial charge in [-0.2, -0.15) is 0 Å². The smallest absolute Gasteiger partial charge is 0.259 e. The molecule has 6 nitrogen and oxygen atoms in total. The Morgan fingerprint density at radius 3 is 3.00 bits per heavy atom. The van der Waals surface area contributed by atoms with Gasteiger partial charge < -0.3 is 15.2 Å². The number of aromatic nitrogens is 2. The minimum atomic E-state index is -0.275. The number of carbonyl (C=O) groups is 1. The maximum Gasteiger partial charge on any atom is 0.259 e. The highest BCUT2D eigenvalue weighted by atomic mass is 79.9. The van der Waals surface area contributed by atoms with Crippen LogP contribution in [0.2, 0.25) is 0 Å². The molecule has 0 bridgehead atoms. The zero-order valence-corrected chi connectivity index (χ0v) is 11.2. The summed E-state index contributed by atoms with van der Waals surface area (Å²) >= 11 is 3.29. The third-order valence-electron chi connectivity index (χ3n) is 2.13. The maximum atomic E-state index is 12.1. The Kier molecular flexibility index (Phi) is 3.93. The van der Waals surface area contributed by atoms with Gasteiger partial charge >= 0.3 is 0 Å². The van der Waals surface area contributed by atoms with E-state index in [1.54, 1.807) is 12.3 Å². The number of nitrogens with one attached hydrogen (secondary N) is 2. The largest absolute Gasteiger partial charge is 0.370 e. The first-order chi connectivity index (χ1) is 8.70. The number of rotatable bonds is 4. The molecule has 18 heavy (non-hydrogen) atoms. The molecule has 0 aliphatic rings. The molecule has 0 radical (unpaired) electrons. The Bertz CT molecular complexity index is 542. The highest BCUT2D eigenvalue weighted by Crippen LogP contribution is 2.19. The summed E-state index contributed by atoms with van der Waals surface area (Å²) in [6.07, 6.45) is 4.42. The Hall–Kier alpha value is -1.89. The van der Waals surface area contributed by atoms with Crippen molar-refractivity contribution in [1.29, 1.82) is 0 Å². The number of pyridine rings is 1. The molecule has 2 aromatic heterocycles. The first kappa shape index (κ1) is 12.6. The van der Waals surface area contributed by atoms with Crippen molar-refractivity contribution in [2.75, 3.05) is 17.2 Å². The van der Waals surface area contributed by atoms with Gasteiger partial charge in [-0.25, -0.2) is 4.98 Å². The number of nitrogens with zero attached hydrogens (tertiary/aromatic N) is 2. The van der Waals surface area contributed by atoms with E-state index in [2.05, 4.69) is 41.2 Å². The Morgan fingerprint density at radius 1 is 1.50 bits per heavy atom. The van der Waals surface area contributed by atoms with Gasteiger partial charge in [-0.3, -0.25) is 4.79 Å². The molecule has 2 aromatic rings. The van der Waals surface area contributed by atoms with Crippen LogP contribution in [0.15, 0.2) is 33.7 Å². The average Bonchev–Trinajstić information content (AvgIpc) is 2.84. The van der Waals surface area contributed by atoms with Crippen LogP contribution in [0, 0.1) is 0 Å². The molecule has 2 rings (SSSR count). The molecule has 0 unspecified atom stereocenters. The van der Waals surface area contributed by atoms with Crippen molar-refractivity contribution in [2.45, 2.75) is 6.92 Å². The molecular weight excluding hydrogens is 300 g/mol. The van der Waals surface area contributed by atoms with Crippen molar-refractivity contribution >= 4 is 33.3 Å². The van der Waals surface area contributed by atoms with Gasteiger partial charge in [0.2, 0.25) is 0 Å². The Labute approximate surface area is 112 Å². The fraction of sp³-hybridized carbons (Fsp3) is 0.182. The highest BCUT2D eigenvalue weighted by Gasteiger charge is 2.14. The van der Waals surface area contributed by atoms with Crippen LogP contribution in [0.1, 0.15) is 17.3 Å². The molecule has 2 N–H and O–H groups in total. The standard InChI is InChI=1S/C11H11BrN4O2/c1-2-13-10-9(3-7(12)4-14-10)11(17)16-8-5-15-18-6-8/h3-6H,2H2,1H3,(H,13,14)(H,16,17). The van der Waals surface area contributed by atoms with E-state index in [1.807, 2.05) is 6.92 Å². The lowest BCUT2D eigenvalue weighted by Crippen LogP contribution is -2.15. The predicted octanol–water partition coefficient (Wildman–Crippen LogP) is 2.52. The summed E-state index contributed by atoms with van der Waals surface area (Å²) in [5, 5.41) is 9.22. The lowest BCUT2D eigenvalue weighted by atomic mass is 10.2. The molecular formula is C11H11BrN4O2. The second kappa shape index (κ2) is 5.63. The number of hydrogen-bond donors (Lipinski definition) is 2. The van der Waals surface area contributed by atoms with Crippen LogP contribution in [0.3, 0.4) is 0 Å². The minimum Gasteiger partial charge on any atom is -0.370 e. The van der Waals surface area contributed by atoms with E-state index in [0.717, 1.165) is 4.47 Å². The van der Waals surface area contributed by atoms with Crippen LogP contribution < -0.4 is 10.6 Å². The van der Waals surface area contributed by atoms with E-state index >= 15 is 0 Å². The van der Waals surface area contributed by atoms with Crippen LogP contribution in [0.4, 0.5) is 11.5 Å². The summed E-state index contributed by atoms with van der Waals surface area (Å²) in [5.74, 6) is 0.262. The zero-order valence-electron chi connectivity index (χ0n) is 9.61. The van der Waals surface area contributed by atoms with Crippen molar-refractivity contribution in [3.63, 3.8) is 0 Å². The van der Waals surface area contributed by atoms with E-state index in [1.165, 1.54) is 12.5 Å². The van der Waals surface area contributed by atoms with Crippen molar-refractivity contribution in [1.82, 2.24) is 10.1 Å². The molecule has 0 saturated heterocycles. The normalized spacial score (nSPS) is 10.1. The molecule has 0 aromatic carbocycles. The van der Waals surface area contributed by atoms with Crippen molar-refractivity contribution < 1.29 is 9.32 Å². The van der Waals surface area contributed by atoms with Gasteiger partial charge in [0.15, 0.2) is 0 Å². The number of carbonyl (C=O) groups excluding carboxylic acids is 1. The van der Waals surface area contributed by atoms with Crippen LogP contribution in [0.5, 0.6) is 0 Å². The number of halogens is 1. The van der Waals surface area contributed by atoms with Crippen LogP contribution in [-0.4, -0.2) is 22.6 Å². The number of anilines is 2. The molecule has 0 saturated carbocycles. The van der Waals surface area contributed by atoms with Crippen molar-refractivity contribution in [3.8, 4) is 0 Å². The molecule has 0 spiro atoms. The minimum absolute atomic E-state index is 0.275.